The Hall–Kier alpha value is -2.16. The lowest BCUT2D eigenvalue weighted by molar-refractivity contribution is -0.170. The molecular formula is C13H11F3N2O3S. The van der Waals surface area contributed by atoms with E-state index in [1.54, 1.807) is 25.1 Å². The van der Waals surface area contributed by atoms with Crippen LogP contribution in [0.1, 0.15) is 11.9 Å². The van der Waals surface area contributed by atoms with Gasteiger partial charge in [-0.2, -0.15) is 13.2 Å². The topological polar surface area (TPSA) is 68.3 Å². The van der Waals surface area contributed by atoms with Crippen molar-refractivity contribution in [3.63, 3.8) is 0 Å². The molecule has 0 bridgehead atoms. The second-order valence-corrected chi connectivity index (χ2v) is 5.35. The number of aromatic nitrogens is 1. The predicted molar refractivity (Wildman–Crippen MR) is 75.0 cm³/mol. The standard InChI is InChI=1S/C13H11F3N2O3S/c1-2-21-12(20)17-7-3-4-8-9(5-7)22-11(18-8)6-10(19)13(14,15)16/h3-5H,2,6H2,1H3,(H,17,20). The van der Waals surface area contributed by atoms with Gasteiger partial charge in [0.05, 0.1) is 23.2 Å². The first-order valence-corrected chi connectivity index (χ1v) is 7.04. The number of rotatable bonds is 4. The van der Waals surface area contributed by atoms with Gasteiger partial charge in [0.1, 0.15) is 5.01 Å². The lowest BCUT2D eigenvalue weighted by Gasteiger charge is -2.04. The van der Waals surface area contributed by atoms with Crippen molar-refractivity contribution in [2.24, 2.45) is 0 Å². The fourth-order valence-electron chi connectivity index (χ4n) is 1.65. The van der Waals surface area contributed by atoms with E-state index in [4.69, 9.17) is 4.74 Å². The van der Waals surface area contributed by atoms with Crippen LogP contribution in [0.3, 0.4) is 0 Å². The number of alkyl halides is 3. The van der Waals surface area contributed by atoms with Gasteiger partial charge in [0.2, 0.25) is 5.78 Å². The SMILES string of the molecule is CCOC(=O)Nc1ccc2nc(CC(=O)C(F)(F)F)sc2c1. The van der Waals surface area contributed by atoms with Crippen LogP contribution in [0.5, 0.6) is 0 Å². The van der Waals surface area contributed by atoms with Gasteiger partial charge in [0.25, 0.3) is 0 Å². The Kier molecular flexibility index (Phi) is 4.65. The summed E-state index contributed by atoms with van der Waals surface area (Å²) in [5.41, 5.74) is 0.896. The first-order chi connectivity index (χ1) is 10.3. The van der Waals surface area contributed by atoms with Crippen LogP contribution in [0, 0.1) is 0 Å². The third kappa shape index (κ3) is 3.94. The van der Waals surface area contributed by atoms with Crippen molar-refractivity contribution in [3.8, 4) is 0 Å². The van der Waals surface area contributed by atoms with Crippen LogP contribution >= 0.6 is 11.3 Å². The maximum Gasteiger partial charge on any atom is 0.450 e. The number of nitrogens with one attached hydrogen (secondary N) is 1. The van der Waals surface area contributed by atoms with E-state index >= 15 is 0 Å². The average Bonchev–Trinajstić information content (AvgIpc) is 2.79. The Balaban J connectivity index is 2.17. The van der Waals surface area contributed by atoms with E-state index in [1.165, 1.54) is 0 Å². The Morgan fingerprint density at radius 3 is 2.73 bits per heavy atom. The Morgan fingerprint density at radius 2 is 2.09 bits per heavy atom. The molecule has 0 atom stereocenters. The quantitative estimate of drug-likeness (QED) is 0.930. The summed E-state index contributed by atoms with van der Waals surface area (Å²) in [7, 11) is 0. The highest BCUT2D eigenvalue weighted by Crippen LogP contribution is 2.27. The highest BCUT2D eigenvalue weighted by atomic mass is 32.1. The fourth-order valence-corrected chi connectivity index (χ4v) is 2.65. The number of ether oxygens (including phenoxy) is 1. The highest BCUT2D eigenvalue weighted by Gasteiger charge is 2.38. The van der Waals surface area contributed by atoms with Crippen LogP contribution in [0.2, 0.25) is 0 Å². The van der Waals surface area contributed by atoms with Gasteiger partial charge in [0.15, 0.2) is 0 Å². The van der Waals surface area contributed by atoms with E-state index in [-0.39, 0.29) is 11.6 Å². The van der Waals surface area contributed by atoms with E-state index in [9.17, 15) is 22.8 Å². The molecule has 2 rings (SSSR count). The van der Waals surface area contributed by atoms with Gasteiger partial charge < -0.3 is 4.74 Å². The summed E-state index contributed by atoms with van der Waals surface area (Å²) < 4.78 is 42.0. The van der Waals surface area contributed by atoms with Crippen LogP contribution in [-0.4, -0.2) is 29.6 Å². The summed E-state index contributed by atoms with van der Waals surface area (Å²) in [6.45, 7) is 1.88. The Morgan fingerprint density at radius 1 is 1.36 bits per heavy atom. The van der Waals surface area contributed by atoms with Gasteiger partial charge in [-0.1, -0.05) is 0 Å². The molecule has 1 amide bonds. The number of nitrogens with zero attached hydrogens (tertiary/aromatic N) is 1. The lowest BCUT2D eigenvalue weighted by Crippen LogP contribution is -2.24. The number of halogens is 3. The van der Waals surface area contributed by atoms with Crippen molar-refractivity contribution in [1.29, 1.82) is 0 Å². The number of amides is 1. The molecule has 1 heterocycles. The zero-order chi connectivity index (χ0) is 16.3. The normalized spacial score (nSPS) is 11.5. The molecule has 1 aromatic carbocycles. The number of Topliss-reactive ketones (excluding diaryl/α,β-unsaturated/α-hetero) is 1. The van der Waals surface area contributed by atoms with Crippen LogP contribution in [-0.2, 0) is 16.0 Å². The molecular weight excluding hydrogens is 321 g/mol. The molecule has 22 heavy (non-hydrogen) atoms. The third-order valence-electron chi connectivity index (χ3n) is 2.58. The van der Waals surface area contributed by atoms with Crippen molar-refractivity contribution in [2.45, 2.75) is 19.5 Å². The molecule has 0 saturated heterocycles. The summed E-state index contributed by atoms with van der Waals surface area (Å²) in [6.07, 6.45) is -6.28. The van der Waals surface area contributed by atoms with Crippen molar-refractivity contribution in [2.75, 3.05) is 11.9 Å². The largest absolute Gasteiger partial charge is 0.450 e. The zero-order valence-electron chi connectivity index (χ0n) is 11.4. The number of thiazole rings is 1. The number of benzene rings is 1. The molecule has 0 unspecified atom stereocenters. The monoisotopic (exact) mass is 332 g/mol. The number of hydrogen-bond acceptors (Lipinski definition) is 5. The first kappa shape index (κ1) is 16.2. The Bertz CT molecular complexity index is 712. The van der Waals surface area contributed by atoms with E-state index in [2.05, 4.69) is 10.3 Å². The van der Waals surface area contributed by atoms with E-state index < -0.39 is 24.5 Å². The number of carbonyl (C=O) groups is 2. The summed E-state index contributed by atoms with van der Waals surface area (Å²) in [5.74, 6) is -1.84. The average molecular weight is 332 g/mol. The third-order valence-corrected chi connectivity index (χ3v) is 3.60. The second-order valence-electron chi connectivity index (χ2n) is 4.23. The maximum absolute atomic E-state index is 12.2. The van der Waals surface area contributed by atoms with Gasteiger partial charge in [0, 0.05) is 5.69 Å². The molecule has 0 saturated carbocycles. The van der Waals surface area contributed by atoms with Gasteiger partial charge in [-0.25, -0.2) is 9.78 Å². The van der Waals surface area contributed by atoms with Crippen LogP contribution in [0.25, 0.3) is 10.2 Å². The summed E-state index contributed by atoms with van der Waals surface area (Å²) in [5, 5.41) is 2.55. The van der Waals surface area contributed by atoms with Crippen molar-refractivity contribution in [3.05, 3.63) is 23.2 Å². The lowest BCUT2D eigenvalue weighted by atomic mass is 10.3. The minimum Gasteiger partial charge on any atom is -0.450 e. The van der Waals surface area contributed by atoms with Crippen molar-refractivity contribution in [1.82, 2.24) is 4.98 Å². The second kappa shape index (κ2) is 6.30. The number of anilines is 1. The molecule has 9 heteroatoms. The molecule has 0 aliphatic carbocycles. The minimum atomic E-state index is -4.87. The molecule has 0 aliphatic rings. The zero-order valence-corrected chi connectivity index (χ0v) is 12.2. The van der Waals surface area contributed by atoms with E-state index in [0.717, 1.165) is 11.3 Å². The van der Waals surface area contributed by atoms with Gasteiger partial charge in [-0.3, -0.25) is 10.1 Å². The fraction of sp³-hybridized carbons (Fsp3) is 0.308. The minimum absolute atomic E-state index is 0.0746. The molecule has 118 valence electrons. The molecule has 0 fully saturated rings. The molecule has 1 aromatic heterocycles. The van der Waals surface area contributed by atoms with Gasteiger partial charge in [-0.15, -0.1) is 11.3 Å². The number of hydrogen-bond donors (Lipinski definition) is 1. The van der Waals surface area contributed by atoms with Gasteiger partial charge in [-0.05, 0) is 25.1 Å². The first-order valence-electron chi connectivity index (χ1n) is 6.23. The summed E-state index contributed by atoms with van der Waals surface area (Å²) in [4.78, 5) is 26.2. The molecule has 0 radical (unpaired) electrons. The van der Waals surface area contributed by atoms with Crippen LogP contribution in [0.15, 0.2) is 18.2 Å². The highest BCUT2D eigenvalue weighted by molar-refractivity contribution is 7.18. The number of fused-ring (bicyclic) bond motifs is 1. The molecule has 1 N–H and O–H groups in total. The summed E-state index contributed by atoms with van der Waals surface area (Å²) in [6, 6.07) is 4.66. The Labute approximate surface area is 127 Å². The van der Waals surface area contributed by atoms with Gasteiger partial charge >= 0.3 is 12.3 Å². The number of ketones is 1. The molecule has 0 aliphatic heterocycles. The van der Waals surface area contributed by atoms with Crippen molar-refractivity contribution < 1.29 is 27.5 Å². The molecule has 5 nitrogen and oxygen atoms in total. The van der Waals surface area contributed by atoms with Crippen molar-refractivity contribution >= 4 is 39.1 Å². The van der Waals surface area contributed by atoms with Crippen LogP contribution < -0.4 is 5.32 Å². The maximum atomic E-state index is 12.2. The van der Waals surface area contributed by atoms with E-state index in [0.29, 0.717) is 15.9 Å². The smallest absolute Gasteiger partial charge is 0.450 e. The predicted octanol–water partition coefficient (Wildman–Crippen LogP) is 3.54. The van der Waals surface area contributed by atoms with E-state index in [1.807, 2.05) is 0 Å². The van der Waals surface area contributed by atoms with Crippen LogP contribution in [0.4, 0.5) is 23.7 Å². The molecule has 0 spiro atoms. The number of carbonyl (C=O) groups excluding carboxylic acids is 2. The molecule has 2 aromatic rings. The summed E-state index contributed by atoms with van der Waals surface area (Å²) >= 11 is 0.972.